The number of nitrogens with zero attached hydrogens (tertiary/aromatic N) is 1. The average molecular weight is 404 g/mol. The zero-order chi connectivity index (χ0) is 20.1. The molecule has 2 heterocycles. The van der Waals surface area contributed by atoms with E-state index >= 15 is 0 Å². The lowest BCUT2D eigenvalue weighted by Gasteiger charge is -2.11. The summed E-state index contributed by atoms with van der Waals surface area (Å²) in [6.07, 6.45) is 1.25. The summed E-state index contributed by atoms with van der Waals surface area (Å²) in [4.78, 5) is 35.6. The third-order valence-corrected chi connectivity index (χ3v) is 4.67. The van der Waals surface area contributed by atoms with Crippen LogP contribution in [0.4, 0.5) is 5.69 Å². The van der Waals surface area contributed by atoms with E-state index in [4.69, 9.17) is 14.2 Å². The third kappa shape index (κ3) is 4.65. The van der Waals surface area contributed by atoms with E-state index in [0.717, 1.165) is 11.0 Å². The lowest BCUT2D eigenvalue weighted by Crippen LogP contribution is -2.34. The number of nitro benzene ring substituents is 1. The topological polar surface area (TPSA) is 117 Å². The number of nitro groups is 1. The summed E-state index contributed by atoms with van der Waals surface area (Å²) >= 11 is 1.50. The highest BCUT2D eigenvalue weighted by Crippen LogP contribution is 2.38. The van der Waals surface area contributed by atoms with Gasteiger partial charge in [0.2, 0.25) is 6.79 Å². The maximum atomic E-state index is 12.0. The molecule has 1 N–H and O–H groups in total. The number of fused-ring (bicyclic) bond motifs is 1. The molecule has 146 valence electrons. The van der Waals surface area contributed by atoms with Gasteiger partial charge in [0.05, 0.1) is 23.1 Å². The minimum atomic E-state index is -1.01. The maximum Gasteiger partial charge on any atom is 0.331 e. The fourth-order valence-electron chi connectivity index (χ4n) is 2.39. The molecular formula is C18H16N2O7S. The molecule has 0 fully saturated rings. The van der Waals surface area contributed by atoms with E-state index in [9.17, 15) is 19.7 Å². The van der Waals surface area contributed by atoms with Crippen LogP contribution in [-0.2, 0) is 20.9 Å². The number of benzene rings is 1. The number of ether oxygens (including phenoxy) is 3. The molecule has 1 aliphatic rings. The van der Waals surface area contributed by atoms with E-state index in [0.29, 0.717) is 12.3 Å². The summed E-state index contributed by atoms with van der Waals surface area (Å²) < 4.78 is 15.3. The first-order chi connectivity index (χ1) is 13.4. The lowest BCUT2D eigenvalue weighted by atomic mass is 10.1. The van der Waals surface area contributed by atoms with Gasteiger partial charge in [0.1, 0.15) is 0 Å². The molecule has 1 aromatic carbocycles. The predicted molar refractivity (Wildman–Crippen MR) is 100.0 cm³/mol. The molecule has 28 heavy (non-hydrogen) atoms. The molecule has 0 aliphatic carbocycles. The summed E-state index contributed by atoms with van der Waals surface area (Å²) in [5.74, 6) is -0.627. The fourth-order valence-corrected chi connectivity index (χ4v) is 3.04. The number of rotatable bonds is 7. The first-order valence-electron chi connectivity index (χ1n) is 8.21. The molecule has 1 aliphatic heterocycles. The van der Waals surface area contributed by atoms with Crippen LogP contribution in [0.15, 0.2) is 35.7 Å². The summed E-state index contributed by atoms with van der Waals surface area (Å²) in [7, 11) is 0. The lowest BCUT2D eigenvalue weighted by molar-refractivity contribution is -0.385. The van der Waals surface area contributed by atoms with Crippen LogP contribution in [0.5, 0.6) is 11.5 Å². The largest absolute Gasteiger partial charge is 0.454 e. The van der Waals surface area contributed by atoms with Crippen molar-refractivity contribution in [3.63, 3.8) is 0 Å². The smallest absolute Gasteiger partial charge is 0.331 e. The van der Waals surface area contributed by atoms with Gasteiger partial charge in [-0.15, -0.1) is 11.3 Å². The predicted octanol–water partition coefficient (Wildman–Crippen LogP) is 2.65. The Bertz CT molecular complexity index is 924. The molecule has 0 unspecified atom stereocenters. The van der Waals surface area contributed by atoms with E-state index in [1.807, 2.05) is 17.5 Å². The Balaban J connectivity index is 1.60. The number of carbonyl (C=O) groups excluding carboxylic acids is 2. The highest BCUT2D eigenvalue weighted by atomic mass is 32.1. The zero-order valence-corrected chi connectivity index (χ0v) is 15.6. The number of thiophene rings is 1. The van der Waals surface area contributed by atoms with Crippen LogP contribution in [0, 0.1) is 10.1 Å². The number of carbonyl (C=O) groups is 2. The molecule has 1 amide bonds. The zero-order valence-electron chi connectivity index (χ0n) is 14.7. The van der Waals surface area contributed by atoms with Gasteiger partial charge in [0.25, 0.3) is 11.6 Å². The number of hydrogen-bond donors (Lipinski definition) is 1. The van der Waals surface area contributed by atoms with Crippen LogP contribution in [0.1, 0.15) is 17.4 Å². The normalized spacial score (nSPS) is 13.3. The van der Waals surface area contributed by atoms with E-state index < -0.39 is 22.9 Å². The minimum absolute atomic E-state index is 0.0280. The van der Waals surface area contributed by atoms with Gasteiger partial charge in [-0.1, -0.05) is 6.07 Å². The van der Waals surface area contributed by atoms with Crippen molar-refractivity contribution < 1.29 is 28.7 Å². The van der Waals surface area contributed by atoms with Crippen LogP contribution < -0.4 is 14.8 Å². The van der Waals surface area contributed by atoms with Gasteiger partial charge >= 0.3 is 5.97 Å². The van der Waals surface area contributed by atoms with Gasteiger partial charge in [-0.2, -0.15) is 0 Å². The molecule has 3 rings (SSSR count). The molecule has 0 saturated carbocycles. The number of amides is 1. The Morgan fingerprint density at radius 3 is 2.82 bits per heavy atom. The van der Waals surface area contributed by atoms with E-state index in [1.165, 1.54) is 36.5 Å². The van der Waals surface area contributed by atoms with Gasteiger partial charge in [0, 0.05) is 11.0 Å². The molecule has 1 aromatic heterocycles. The second kappa shape index (κ2) is 8.53. The molecule has 1 atom stereocenters. The minimum Gasteiger partial charge on any atom is -0.454 e. The van der Waals surface area contributed by atoms with Crippen LogP contribution >= 0.6 is 11.3 Å². The maximum absolute atomic E-state index is 12.0. The highest BCUT2D eigenvalue weighted by Gasteiger charge is 2.22. The Morgan fingerprint density at radius 1 is 1.39 bits per heavy atom. The molecule has 2 aromatic rings. The van der Waals surface area contributed by atoms with Gasteiger partial charge in [-0.3, -0.25) is 14.9 Å². The summed E-state index contributed by atoms with van der Waals surface area (Å²) in [6, 6.07) is 6.38. The van der Waals surface area contributed by atoms with Crippen molar-refractivity contribution >= 4 is 35.0 Å². The van der Waals surface area contributed by atoms with Crippen molar-refractivity contribution in [1.29, 1.82) is 0 Å². The third-order valence-electron chi connectivity index (χ3n) is 3.80. The van der Waals surface area contributed by atoms with Crippen LogP contribution in [0.2, 0.25) is 0 Å². The van der Waals surface area contributed by atoms with E-state index in [2.05, 4.69) is 5.32 Å². The standard InChI is InChI=1S/C18H16N2O7S/c1-11(18(22)19-9-13-3-2-6-28-13)27-17(21)5-4-12-7-15-16(26-10-25-15)8-14(12)20(23)24/h2-8,11H,9-10H2,1H3,(H,19,22)/b5-4+/t11-/m1/s1. The van der Waals surface area contributed by atoms with Crippen molar-refractivity contribution in [2.75, 3.05) is 6.79 Å². The number of nitrogens with one attached hydrogen (secondary N) is 1. The number of hydrogen-bond acceptors (Lipinski definition) is 8. The van der Waals surface area contributed by atoms with Crippen LogP contribution in [0.3, 0.4) is 0 Å². The molecule has 0 bridgehead atoms. The van der Waals surface area contributed by atoms with Gasteiger partial charge < -0.3 is 19.5 Å². The Morgan fingerprint density at radius 2 is 2.14 bits per heavy atom. The highest BCUT2D eigenvalue weighted by molar-refractivity contribution is 7.09. The van der Waals surface area contributed by atoms with Crippen molar-refractivity contribution in [2.24, 2.45) is 0 Å². The molecule has 0 saturated heterocycles. The first kappa shape index (κ1) is 19.4. The fraction of sp³-hybridized carbons (Fsp3) is 0.222. The SMILES string of the molecule is C[C@@H](OC(=O)/C=C/c1cc2c(cc1[N+](=O)[O-])OCO2)C(=O)NCc1cccs1. The Hall–Kier alpha value is -3.40. The van der Waals surface area contributed by atoms with Crippen LogP contribution in [0.25, 0.3) is 6.08 Å². The summed E-state index contributed by atoms with van der Waals surface area (Å²) in [6.45, 7) is 1.76. The molecule has 9 nitrogen and oxygen atoms in total. The van der Waals surface area contributed by atoms with Crippen molar-refractivity contribution in [3.05, 3.63) is 56.3 Å². The average Bonchev–Trinajstić information content (AvgIpc) is 3.34. The van der Waals surface area contributed by atoms with Crippen molar-refractivity contribution in [2.45, 2.75) is 19.6 Å². The van der Waals surface area contributed by atoms with Crippen LogP contribution in [-0.4, -0.2) is 29.7 Å². The Kier molecular flexibility index (Phi) is 5.90. The molecular weight excluding hydrogens is 388 g/mol. The van der Waals surface area contributed by atoms with Crippen molar-refractivity contribution in [3.8, 4) is 11.5 Å². The summed E-state index contributed by atoms with van der Waals surface area (Å²) in [5, 5.41) is 15.8. The van der Waals surface area contributed by atoms with E-state index in [-0.39, 0.29) is 23.8 Å². The molecule has 10 heteroatoms. The molecule has 0 spiro atoms. The van der Waals surface area contributed by atoms with Gasteiger partial charge in [-0.25, -0.2) is 4.79 Å². The molecule has 0 radical (unpaired) electrons. The van der Waals surface area contributed by atoms with Crippen molar-refractivity contribution in [1.82, 2.24) is 5.32 Å². The number of esters is 1. The first-order valence-corrected chi connectivity index (χ1v) is 9.09. The van der Waals surface area contributed by atoms with E-state index in [1.54, 1.807) is 0 Å². The van der Waals surface area contributed by atoms with Gasteiger partial charge in [0.15, 0.2) is 17.6 Å². The quantitative estimate of drug-likeness (QED) is 0.326. The summed E-state index contributed by atoms with van der Waals surface area (Å²) in [5.41, 5.74) is -0.0870. The second-order valence-corrected chi connectivity index (χ2v) is 6.76. The second-order valence-electron chi connectivity index (χ2n) is 5.73. The van der Waals surface area contributed by atoms with Gasteiger partial charge in [-0.05, 0) is 30.5 Å². The monoisotopic (exact) mass is 404 g/mol. The Labute approximate surface area is 163 Å².